The molecule has 1 saturated carbocycles. The van der Waals surface area contributed by atoms with Gasteiger partial charge in [-0.3, -0.25) is 5.43 Å². The first-order valence-corrected chi connectivity index (χ1v) is 8.23. The van der Waals surface area contributed by atoms with Crippen molar-refractivity contribution in [1.29, 1.82) is 0 Å². The van der Waals surface area contributed by atoms with Crippen molar-refractivity contribution in [2.24, 2.45) is 11.8 Å². The zero-order valence-electron chi connectivity index (χ0n) is 11.4. The maximum atomic E-state index is 5.52. The van der Waals surface area contributed by atoms with Gasteiger partial charge in [0.05, 0.1) is 5.39 Å². The minimum Gasteiger partial charge on any atom is -0.353 e. The summed E-state index contributed by atoms with van der Waals surface area (Å²) in [5.41, 5.74) is 2.60. The van der Waals surface area contributed by atoms with E-state index in [1.807, 2.05) is 0 Å². The molecule has 4 rings (SSSR count). The number of anilines is 2. The van der Waals surface area contributed by atoms with Crippen molar-refractivity contribution in [1.82, 2.24) is 9.97 Å². The van der Waals surface area contributed by atoms with Gasteiger partial charge in [-0.25, -0.2) is 10.8 Å². The molecule has 20 heavy (non-hydrogen) atoms. The van der Waals surface area contributed by atoms with E-state index < -0.39 is 0 Å². The van der Waals surface area contributed by atoms with Crippen LogP contribution in [-0.2, 0) is 0 Å². The van der Waals surface area contributed by atoms with E-state index >= 15 is 0 Å². The highest BCUT2D eigenvalue weighted by Gasteiger charge is 2.37. The van der Waals surface area contributed by atoms with Crippen LogP contribution in [0.25, 0.3) is 10.2 Å². The van der Waals surface area contributed by atoms with E-state index in [4.69, 9.17) is 5.84 Å². The average molecular weight is 289 g/mol. The van der Waals surface area contributed by atoms with Gasteiger partial charge in [0.25, 0.3) is 0 Å². The van der Waals surface area contributed by atoms with E-state index in [0.717, 1.165) is 23.1 Å². The minimum atomic E-state index is 0.522. The lowest BCUT2D eigenvalue weighted by atomic mass is 9.85. The summed E-state index contributed by atoms with van der Waals surface area (Å²) in [7, 11) is 0. The van der Waals surface area contributed by atoms with Crippen LogP contribution in [0.1, 0.15) is 32.1 Å². The van der Waals surface area contributed by atoms with Gasteiger partial charge in [-0.05, 0) is 36.6 Å². The third kappa shape index (κ3) is 1.86. The lowest BCUT2D eigenvalue weighted by Gasteiger charge is -2.32. The third-order valence-electron chi connectivity index (χ3n) is 4.72. The Labute approximate surface area is 122 Å². The first-order valence-electron chi connectivity index (χ1n) is 7.35. The zero-order chi connectivity index (χ0) is 13.5. The number of nitrogen functional groups attached to an aromatic ring is 1. The predicted molar refractivity (Wildman–Crippen MR) is 82.9 cm³/mol. The second-order valence-electron chi connectivity index (χ2n) is 5.75. The Morgan fingerprint density at radius 3 is 3.05 bits per heavy atom. The summed E-state index contributed by atoms with van der Waals surface area (Å²) in [6.45, 7) is 1.11. The van der Waals surface area contributed by atoms with Crippen molar-refractivity contribution in [2.45, 2.75) is 38.1 Å². The molecule has 2 unspecified atom stereocenters. The normalized spacial score (nSPS) is 25.9. The van der Waals surface area contributed by atoms with E-state index in [-0.39, 0.29) is 0 Å². The van der Waals surface area contributed by atoms with Crippen LogP contribution in [0.15, 0.2) is 11.4 Å². The summed E-state index contributed by atoms with van der Waals surface area (Å²) in [4.78, 5) is 12.6. The number of hydrogen-bond donors (Lipinski definition) is 2. The van der Waals surface area contributed by atoms with Gasteiger partial charge in [0.2, 0.25) is 5.95 Å². The monoisotopic (exact) mass is 289 g/mol. The van der Waals surface area contributed by atoms with Crippen molar-refractivity contribution in [3.63, 3.8) is 0 Å². The van der Waals surface area contributed by atoms with Crippen LogP contribution in [0.3, 0.4) is 0 Å². The molecule has 1 saturated heterocycles. The summed E-state index contributed by atoms with van der Waals surface area (Å²) >= 11 is 1.65. The second kappa shape index (κ2) is 4.86. The largest absolute Gasteiger partial charge is 0.353 e. The number of nitrogens with one attached hydrogen (secondary N) is 1. The molecule has 2 atom stereocenters. The quantitative estimate of drug-likeness (QED) is 0.657. The molecule has 0 spiro atoms. The minimum absolute atomic E-state index is 0.522. The van der Waals surface area contributed by atoms with Crippen LogP contribution in [0.4, 0.5) is 11.8 Å². The Morgan fingerprint density at radius 2 is 2.15 bits per heavy atom. The third-order valence-corrected chi connectivity index (χ3v) is 5.52. The Balaban J connectivity index is 1.79. The van der Waals surface area contributed by atoms with Gasteiger partial charge in [0.1, 0.15) is 10.6 Å². The van der Waals surface area contributed by atoms with E-state index in [1.165, 1.54) is 37.5 Å². The average Bonchev–Trinajstić information content (AvgIpc) is 3.12. The molecule has 3 heterocycles. The molecule has 5 nitrogen and oxygen atoms in total. The smallest absolute Gasteiger partial charge is 0.240 e. The Hall–Kier alpha value is -1.40. The lowest BCUT2D eigenvalue weighted by Crippen LogP contribution is -2.35. The molecule has 1 aliphatic carbocycles. The van der Waals surface area contributed by atoms with Gasteiger partial charge in [0.15, 0.2) is 0 Å². The Bertz CT molecular complexity index is 625. The predicted octanol–water partition coefficient (Wildman–Crippen LogP) is 2.75. The number of hydrazine groups is 1. The molecular weight excluding hydrogens is 270 g/mol. The highest BCUT2D eigenvalue weighted by Crippen LogP contribution is 2.40. The van der Waals surface area contributed by atoms with Gasteiger partial charge in [-0.1, -0.05) is 12.8 Å². The van der Waals surface area contributed by atoms with Crippen molar-refractivity contribution in [2.75, 3.05) is 16.9 Å². The van der Waals surface area contributed by atoms with Crippen LogP contribution < -0.4 is 16.2 Å². The first kappa shape index (κ1) is 12.3. The molecular formula is C14H19N5S. The van der Waals surface area contributed by atoms with Crippen LogP contribution in [0, 0.1) is 5.92 Å². The molecule has 0 radical (unpaired) electrons. The summed E-state index contributed by atoms with van der Waals surface area (Å²) in [5, 5.41) is 3.25. The maximum Gasteiger partial charge on any atom is 0.240 e. The van der Waals surface area contributed by atoms with E-state index in [9.17, 15) is 0 Å². The number of hydrogen-bond acceptors (Lipinski definition) is 6. The number of thiophene rings is 1. The van der Waals surface area contributed by atoms with Crippen LogP contribution in [0.2, 0.25) is 0 Å². The molecule has 2 aromatic heterocycles. The topological polar surface area (TPSA) is 67.1 Å². The summed E-state index contributed by atoms with van der Waals surface area (Å²) in [5.74, 6) is 7.96. The molecule has 6 heteroatoms. The molecule has 2 fully saturated rings. The van der Waals surface area contributed by atoms with E-state index in [0.29, 0.717) is 12.0 Å². The lowest BCUT2D eigenvalue weighted by molar-refractivity contribution is 0.341. The van der Waals surface area contributed by atoms with Crippen molar-refractivity contribution >= 4 is 33.3 Å². The van der Waals surface area contributed by atoms with Crippen LogP contribution in [-0.4, -0.2) is 22.6 Å². The molecule has 106 valence electrons. The van der Waals surface area contributed by atoms with Gasteiger partial charge in [-0.2, -0.15) is 4.98 Å². The SMILES string of the molecule is NNc1nc(N2CCC3CCCCC32)c2ccsc2n1. The molecule has 0 amide bonds. The fourth-order valence-corrected chi connectivity index (χ4v) is 4.55. The molecule has 3 N–H and O–H groups in total. The number of fused-ring (bicyclic) bond motifs is 2. The van der Waals surface area contributed by atoms with Crippen LogP contribution >= 0.6 is 11.3 Å². The first-order chi connectivity index (χ1) is 9.86. The van der Waals surface area contributed by atoms with Crippen molar-refractivity contribution in [3.8, 4) is 0 Å². The van der Waals surface area contributed by atoms with Gasteiger partial charge in [0, 0.05) is 12.6 Å². The molecule has 1 aliphatic heterocycles. The Kier molecular flexibility index (Phi) is 3.00. The Morgan fingerprint density at radius 1 is 1.25 bits per heavy atom. The van der Waals surface area contributed by atoms with E-state index in [1.54, 1.807) is 11.3 Å². The molecule has 0 aromatic carbocycles. The molecule has 2 aliphatic rings. The van der Waals surface area contributed by atoms with E-state index in [2.05, 4.69) is 31.7 Å². The van der Waals surface area contributed by atoms with Crippen LogP contribution in [0.5, 0.6) is 0 Å². The summed E-state index contributed by atoms with van der Waals surface area (Å²) in [6.07, 6.45) is 6.71. The summed E-state index contributed by atoms with van der Waals surface area (Å²) in [6, 6.07) is 2.79. The fourth-order valence-electron chi connectivity index (χ4n) is 3.79. The van der Waals surface area contributed by atoms with Gasteiger partial charge in [-0.15, -0.1) is 11.3 Å². The number of nitrogens with zero attached hydrogens (tertiary/aromatic N) is 3. The number of aromatic nitrogens is 2. The number of nitrogens with two attached hydrogens (primary N) is 1. The van der Waals surface area contributed by atoms with Gasteiger partial charge < -0.3 is 4.90 Å². The molecule has 2 aromatic rings. The zero-order valence-corrected chi connectivity index (χ0v) is 12.2. The highest BCUT2D eigenvalue weighted by atomic mass is 32.1. The maximum absolute atomic E-state index is 5.52. The highest BCUT2D eigenvalue weighted by molar-refractivity contribution is 7.16. The number of rotatable bonds is 2. The van der Waals surface area contributed by atoms with Crippen molar-refractivity contribution in [3.05, 3.63) is 11.4 Å². The standard InChI is InChI=1S/C14H19N5S/c15-18-14-16-12(10-6-8-20-13(10)17-14)19-7-5-9-3-1-2-4-11(9)19/h6,8-9,11H,1-5,7,15H2,(H,16,17,18). The van der Waals surface area contributed by atoms with Gasteiger partial charge >= 0.3 is 0 Å². The fraction of sp³-hybridized carbons (Fsp3) is 0.571. The summed E-state index contributed by atoms with van der Waals surface area (Å²) < 4.78 is 0. The molecule has 0 bridgehead atoms. The second-order valence-corrected chi connectivity index (χ2v) is 6.64. The van der Waals surface area contributed by atoms with Crippen molar-refractivity contribution < 1.29 is 0 Å².